The molecule has 7 heteroatoms. The fraction of sp³-hybridized carbons (Fsp3) is 0.125. The van der Waals surface area contributed by atoms with E-state index in [0.717, 1.165) is 0 Å². The molecule has 4 amide bonds. The van der Waals surface area contributed by atoms with Crippen molar-refractivity contribution in [2.75, 3.05) is 0 Å². The van der Waals surface area contributed by atoms with Gasteiger partial charge in [0.1, 0.15) is 5.76 Å². The second kappa shape index (κ2) is 3.39. The summed E-state index contributed by atoms with van der Waals surface area (Å²) in [7, 11) is 0. The Morgan fingerprint density at radius 1 is 1.20 bits per heavy atom. The number of hydrogen-bond donors (Lipinski definition) is 2. The topological polar surface area (TPSA) is 88.4 Å². The SMILES string of the molecule is O=C1NC(=O)C(c2occc2Cl)C(=O)N1. The van der Waals surface area contributed by atoms with Crippen molar-refractivity contribution in [1.82, 2.24) is 10.6 Å². The standard InChI is InChI=1S/C8H5ClN2O4/c9-3-1-2-15-5(3)4-6(12)10-8(14)11-7(4)13/h1-2,4H,(H2,10,11,12,13,14). The first-order chi connectivity index (χ1) is 7.09. The molecule has 78 valence electrons. The van der Waals surface area contributed by atoms with Gasteiger partial charge in [-0.1, -0.05) is 11.6 Å². The van der Waals surface area contributed by atoms with Crippen LogP contribution in [0.5, 0.6) is 0 Å². The number of barbiturate groups is 1. The van der Waals surface area contributed by atoms with E-state index in [-0.39, 0.29) is 10.8 Å². The van der Waals surface area contributed by atoms with Gasteiger partial charge in [-0.2, -0.15) is 0 Å². The van der Waals surface area contributed by atoms with Crippen molar-refractivity contribution in [2.45, 2.75) is 5.92 Å². The summed E-state index contributed by atoms with van der Waals surface area (Å²) in [6.45, 7) is 0. The van der Waals surface area contributed by atoms with E-state index in [0.29, 0.717) is 0 Å². The summed E-state index contributed by atoms with van der Waals surface area (Å²) in [6.07, 6.45) is 1.26. The molecule has 1 aliphatic rings. The monoisotopic (exact) mass is 228 g/mol. The molecule has 0 spiro atoms. The number of furan rings is 1. The van der Waals surface area contributed by atoms with Gasteiger partial charge < -0.3 is 4.42 Å². The van der Waals surface area contributed by atoms with Gasteiger partial charge in [0.05, 0.1) is 11.3 Å². The molecule has 6 nitrogen and oxygen atoms in total. The molecule has 0 unspecified atom stereocenters. The molecule has 0 aromatic carbocycles. The first-order valence-corrected chi connectivity index (χ1v) is 4.36. The first-order valence-electron chi connectivity index (χ1n) is 3.98. The molecule has 0 atom stereocenters. The van der Waals surface area contributed by atoms with E-state index in [1.165, 1.54) is 12.3 Å². The third-order valence-electron chi connectivity index (χ3n) is 1.90. The molecular formula is C8H5ClN2O4. The van der Waals surface area contributed by atoms with Crippen LogP contribution in [0.1, 0.15) is 11.7 Å². The molecule has 1 fully saturated rings. The molecule has 0 aliphatic carbocycles. The molecule has 1 aromatic rings. The Hall–Kier alpha value is -1.82. The van der Waals surface area contributed by atoms with E-state index in [4.69, 9.17) is 16.0 Å². The molecule has 15 heavy (non-hydrogen) atoms. The maximum absolute atomic E-state index is 11.4. The minimum Gasteiger partial charge on any atom is -0.466 e. The second-order valence-corrected chi connectivity index (χ2v) is 3.28. The Kier molecular flexibility index (Phi) is 2.20. The summed E-state index contributed by atoms with van der Waals surface area (Å²) in [5.41, 5.74) is 0. The highest BCUT2D eigenvalue weighted by atomic mass is 35.5. The first kappa shape index (κ1) is 9.72. The van der Waals surface area contributed by atoms with Gasteiger partial charge in [-0.05, 0) is 6.07 Å². The van der Waals surface area contributed by atoms with Crippen LogP contribution in [0, 0.1) is 0 Å². The van der Waals surface area contributed by atoms with Crippen molar-refractivity contribution in [3.8, 4) is 0 Å². The average Bonchev–Trinajstić information content (AvgIpc) is 2.50. The lowest BCUT2D eigenvalue weighted by Gasteiger charge is -2.18. The van der Waals surface area contributed by atoms with E-state index in [1.54, 1.807) is 0 Å². The van der Waals surface area contributed by atoms with E-state index >= 15 is 0 Å². The maximum Gasteiger partial charge on any atom is 0.328 e. The molecule has 0 bridgehead atoms. The lowest BCUT2D eigenvalue weighted by Crippen LogP contribution is -2.54. The van der Waals surface area contributed by atoms with Crippen molar-refractivity contribution in [1.29, 1.82) is 0 Å². The van der Waals surface area contributed by atoms with Crippen LogP contribution in [0.3, 0.4) is 0 Å². The minimum absolute atomic E-state index is 0.0270. The predicted octanol–water partition coefficient (Wildman–Crippen LogP) is 0.383. The fourth-order valence-corrected chi connectivity index (χ4v) is 1.47. The highest BCUT2D eigenvalue weighted by Crippen LogP contribution is 2.27. The molecule has 0 saturated carbocycles. The molecular weight excluding hydrogens is 224 g/mol. The van der Waals surface area contributed by atoms with Crippen LogP contribution in [0.4, 0.5) is 4.79 Å². The number of urea groups is 1. The molecule has 1 aromatic heterocycles. The zero-order valence-corrected chi connectivity index (χ0v) is 8.00. The summed E-state index contributed by atoms with van der Waals surface area (Å²) >= 11 is 5.70. The van der Waals surface area contributed by atoms with Crippen LogP contribution >= 0.6 is 11.6 Å². The molecule has 0 radical (unpaired) electrons. The van der Waals surface area contributed by atoms with Gasteiger partial charge in [-0.3, -0.25) is 20.2 Å². The third-order valence-corrected chi connectivity index (χ3v) is 2.22. The molecule has 2 rings (SSSR count). The van der Waals surface area contributed by atoms with Crippen LogP contribution in [0.25, 0.3) is 0 Å². The summed E-state index contributed by atoms with van der Waals surface area (Å²) in [5, 5.41) is 4.06. The Labute approximate surface area is 88.6 Å². The highest BCUT2D eigenvalue weighted by Gasteiger charge is 2.38. The van der Waals surface area contributed by atoms with Crippen molar-refractivity contribution in [3.63, 3.8) is 0 Å². The van der Waals surface area contributed by atoms with Gasteiger partial charge in [0.25, 0.3) is 0 Å². The van der Waals surface area contributed by atoms with Gasteiger partial charge in [0.15, 0.2) is 5.92 Å². The number of imide groups is 2. The van der Waals surface area contributed by atoms with Gasteiger partial charge in [0, 0.05) is 0 Å². The van der Waals surface area contributed by atoms with Crippen LogP contribution in [-0.4, -0.2) is 17.8 Å². The Morgan fingerprint density at radius 2 is 1.80 bits per heavy atom. The van der Waals surface area contributed by atoms with Crippen molar-refractivity contribution in [3.05, 3.63) is 23.1 Å². The van der Waals surface area contributed by atoms with E-state index in [9.17, 15) is 14.4 Å². The Morgan fingerprint density at radius 3 is 2.27 bits per heavy atom. The fourth-order valence-electron chi connectivity index (χ4n) is 1.27. The maximum atomic E-state index is 11.4. The van der Waals surface area contributed by atoms with Crippen LogP contribution < -0.4 is 10.6 Å². The molecule has 2 heterocycles. The number of rotatable bonds is 1. The van der Waals surface area contributed by atoms with Crippen LogP contribution in [0.2, 0.25) is 5.02 Å². The molecule has 1 saturated heterocycles. The zero-order chi connectivity index (χ0) is 11.0. The third kappa shape index (κ3) is 1.59. The summed E-state index contributed by atoms with van der Waals surface area (Å²) < 4.78 is 4.91. The lowest BCUT2D eigenvalue weighted by molar-refractivity contribution is -0.132. The smallest absolute Gasteiger partial charge is 0.328 e. The quantitative estimate of drug-likeness (QED) is 0.681. The molecule has 2 N–H and O–H groups in total. The zero-order valence-electron chi connectivity index (χ0n) is 7.24. The Balaban J connectivity index is 2.37. The van der Waals surface area contributed by atoms with Crippen LogP contribution in [0.15, 0.2) is 16.7 Å². The van der Waals surface area contributed by atoms with Crippen molar-refractivity contribution < 1.29 is 18.8 Å². The largest absolute Gasteiger partial charge is 0.466 e. The Bertz CT molecular complexity index is 433. The van der Waals surface area contributed by atoms with Crippen molar-refractivity contribution >= 4 is 29.4 Å². The number of carbonyl (C=O) groups is 3. The van der Waals surface area contributed by atoms with Gasteiger partial charge in [0.2, 0.25) is 11.8 Å². The number of nitrogens with one attached hydrogen (secondary N) is 2. The number of amides is 4. The van der Waals surface area contributed by atoms with Gasteiger partial charge >= 0.3 is 6.03 Å². The average molecular weight is 229 g/mol. The summed E-state index contributed by atoms with van der Waals surface area (Å²) in [4.78, 5) is 33.5. The van der Waals surface area contributed by atoms with Crippen LogP contribution in [-0.2, 0) is 9.59 Å². The minimum atomic E-state index is -1.22. The predicted molar refractivity (Wildman–Crippen MR) is 48.1 cm³/mol. The van der Waals surface area contributed by atoms with Gasteiger partial charge in [-0.25, -0.2) is 4.79 Å². The van der Waals surface area contributed by atoms with Crippen molar-refractivity contribution in [2.24, 2.45) is 0 Å². The summed E-state index contributed by atoms with van der Waals surface area (Å²) in [5.74, 6) is -2.69. The second-order valence-electron chi connectivity index (χ2n) is 2.87. The summed E-state index contributed by atoms with van der Waals surface area (Å²) in [6, 6.07) is 0.567. The highest BCUT2D eigenvalue weighted by molar-refractivity contribution is 6.32. The van der Waals surface area contributed by atoms with E-state index < -0.39 is 23.8 Å². The number of carbonyl (C=O) groups excluding carboxylic acids is 3. The van der Waals surface area contributed by atoms with Gasteiger partial charge in [-0.15, -0.1) is 0 Å². The molecule has 1 aliphatic heterocycles. The normalized spacial score (nSPS) is 17.5. The van der Waals surface area contributed by atoms with E-state index in [2.05, 4.69) is 0 Å². The number of halogens is 1. The number of hydrogen-bond acceptors (Lipinski definition) is 4. The van der Waals surface area contributed by atoms with E-state index in [1.807, 2.05) is 10.6 Å². The lowest BCUT2D eigenvalue weighted by atomic mass is 10.0.